The molecule has 0 aliphatic heterocycles. The number of aromatic amines is 1. The zero-order valence-corrected chi connectivity index (χ0v) is 12.2. The molecule has 0 unspecified atom stereocenters. The Balaban J connectivity index is 2.07. The maximum atomic E-state index is 12.1. The van der Waals surface area contributed by atoms with Gasteiger partial charge in [0.25, 0.3) is 0 Å². The van der Waals surface area contributed by atoms with Crippen LogP contribution in [0.15, 0.2) is 30.5 Å². The molecule has 0 aliphatic carbocycles. The number of nitrogens with two attached hydrogens (primary N) is 1. The Morgan fingerprint density at radius 1 is 1.27 bits per heavy atom. The van der Waals surface area contributed by atoms with E-state index in [-0.39, 0.29) is 18.7 Å². The maximum absolute atomic E-state index is 12.1. The van der Waals surface area contributed by atoms with Crippen LogP contribution in [0.2, 0.25) is 0 Å². The second-order valence-corrected chi connectivity index (χ2v) is 4.94. The van der Waals surface area contributed by atoms with Gasteiger partial charge in [-0.25, -0.2) is 0 Å². The number of benzene rings is 1. The first kappa shape index (κ1) is 15.6. The van der Waals surface area contributed by atoms with Crippen molar-refractivity contribution in [1.82, 2.24) is 15.6 Å². The van der Waals surface area contributed by atoms with E-state index < -0.39 is 17.9 Å². The van der Waals surface area contributed by atoms with Gasteiger partial charge in [-0.15, -0.1) is 0 Å². The van der Waals surface area contributed by atoms with Crippen molar-refractivity contribution in [1.29, 1.82) is 0 Å². The lowest BCUT2D eigenvalue weighted by Gasteiger charge is -2.15. The number of amides is 3. The number of hydrogen-bond donors (Lipinski definition) is 4. The number of fused-ring (bicyclic) bond motifs is 1. The number of primary amides is 1. The van der Waals surface area contributed by atoms with Crippen molar-refractivity contribution in [3.63, 3.8) is 0 Å². The summed E-state index contributed by atoms with van der Waals surface area (Å²) in [5, 5.41) is 5.88. The highest BCUT2D eigenvalue weighted by molar-refractivity contribution is 5.93. The molecule has 1 atom stereocenters. The number of H-pyrrole nitrogens is 1. The molecule has 1 heterocycles. The largest absolute Gasteiger partial charge is 0.370 e. The van der Waals surface area contributed by atoms with E-state index in [9.17, 15) is 14.4 Å². The lowest BCUT2D eigenvalue weighted by atomic mass is 10.1. The molecule has 116 valence electrons. The number of nitrogens with one attached hydrogen (secondary N) is 3. The number of hydrogen-bond acceptors (Lipinski definition) is 3. The van der Waals surface area contributed by atoms with Crippen LogP contribution in [0.1, 0.15) is 12.0 Å². The van der Waals surface area contributed by atoms with Gasteiger partial charge in [0.05, 0.1) is 12.8 Å². The Morgan fingerprint density at radius 2 is 2.00 bits per heavy atom. The van der Waals surface area contributed by atoms with E-state index in [1.807, 2.05) is 24.3 Å². The molecule has 22 heavy (non-hydrogen) atoms. The lowest BCUT2D eigenvalue weighted by molar-refractivity contribution is -0.130. The quantitative estimate of drug-likeness (QED) is 0.592. The number of carbonyl (C=O) groups excluding carboxylic acids is 3. The molecule has 7 nitrogen and oxygen atoms in total. The van der Waals surface area contributed by atoms with Crippen molar-refractivity contribution < 1.29 is 14.4 Å². The fraction of sp³-hybridized carbons (Fsp3) is 0.267. The molecule has 2 rings (SSSR count). The summed E-state index contributed by atoms with van der Waals surface area (Å²) < 4.78 is 0. The molecule has 3 amide bonds. The summed E-state index contributed by atoms with van der Waals surface area (Å²) in [6, 6.07) is 6.65. The van der Waals surface area contributed by atoms with Gasteiger partial charge in [-0.2, -0.15) is 0 Å². The van der Waals surface area contributed by atoms with Crippen LogP contribution in [0.4, 0.5) is 0 Å². The van der Waals surface area contributed by atoms with Crippen molar-refractivity contribution in [2.75, 3.05) is 7.05 Å². The van der Waals surface area contributed by atoms with Gasteiger partial charge in [0.2, 0.25) is 17.7 Å². The lowest BCUT2D eigenvalue weighted by Crippen LogP contribution is -2.48. The zero-order chi connectivity index (χ0) is 16.1. The predicted octanol–water partition coefficient (Wildman–Crippen LogP) is -0.183. The Morgan fingerprint density at radius 3 is 2.68 bits per heavy atom. The fourth-order valence-electron chi connectivity index (χ4n) is 2.28. The van der Waals surface area contributed by atoms with Gasteiger partial charge in [0.1, 0.15) is 6.04 Å². The third kappa shape index (κ3) is 3.63. The summed E-state index contributed by atoms with van der Waals surface area (Å²) in [5.74, 6) is -1.45. The summed E-state index contributed by atoms with van der Waals surface area (Å²) >= 11 is 0. The Labute approximate surface area is 127 Å². The second-order valence-electron chi connectivity index (χ2n) is 4.94. The highest BCUT2D eigenvalue weighted by atomic mass is 16.2. The van der Waals surface area contributed by atoms with Crippen LogP contribution in [0, 0.1) is 0 Å². The Bertz CT molecular complexity index is 708. The smallest absolute Gasteiger partial charge is 0.242 e. The summed E-state index contributed by atoms with van der Waals surface area (Å²) in [6.07, 6.45) is 1.63. The van der Waals surface area contributed by atoms with Crippen LogP contribution in [-0.2, 0) is 20.8 Å². The van der Waals surface area contributed by atoms with Gasteiger partial charge in [-0.1, -0.05) is 18.2 Å². The first-order chi connectivity index (χ1) is 10.5. The number of carbonyl (C=O) groups is 3. The topological polar surface area (TPSA) is 117 Å². The molecule has 1 aromatic heterocycles. The third-order valence-corrected chi connectivity index (χ3v) is 3.33. The third-order valence-electron chi connectivity index (χ3n) is 3.33. The van der Waals surface area contributed by atoms with Crippen molar-refractivity contribution >= 4 is 28.6 Å². The van der Waals surface area contributed by atoms with E-state index in [1.165, 1.54) is 7.05 Å². The minimum Gasteiger partial charge on any atom is -0.370 e. The van der Waals surface area contributed by atoms with E-state index >= 15 is 0 Å². The predicted molar refractivity (Wildman–Crippen MR) is 81.8 cm³/mol. The minimum absolute atomic E-state index is 0.107. The van der Waals surface area contributed by atoms with Gasteiger partial charge >= 0.3 is 0 Å². The highest BCUT2D eigenvalue weighted by Crippen LogP contribution is 2.18. The van der Waals surface area contributed by atoms with E-state index in [0.29, 0.717) is 0 Å². The molecule has 2 aromatic rings. The van der Waals surface area contributed by atoms with Gasteiger partial charge in [0, 0.05) is 24.1 Å². The average molecular weight is 302 g/mol. The second kappa shape index (κ2) is 6.75. The van der Waals surface area contributed by atoms with Crippen molar-refractivity contribution in [3.05, 3.63) is 36.0 Å². The normalized spacial score (nSPS) is 11.9. The highest BCUT2D eigenvalue weighted by Gasteiger charge is 2.22. The van der Waals surface area contributed by atoms with Gasteiger partial charge in [-0.05, 0) is 11.6 Å². The number of rotatable bonds is 6. The van der Waals surface area contributed by atoms with E-state index in [4.69, 9.17) is 5.73 Å². The monoisotopic (exact) mass is 302 g/mol. The van der Waals surface area contributed by atoms with Crippen LogP contribution in [0.5, 0.6) is 0 Å². The molecule has 5 N–H and O–H groups in total. The van der Waals surface area contributed by atoms with Crippen molar-refractivity contribution in [2.45, 2.75) is 18.9 Å². The number of likely N-dealkylation sites (N-methyl/N-ethyl adjacent to an activating group) is 1. The summed E-state index contributed by atoms with van der Waals surface area (Å²) in [4.78, 5) is 37.8. The molecular weight excluding hydrogens is 284 g/mol. The number of aromatic nitrogens is 1. The number of para-hydroxylation sites is 1. The maximum Gasteiger partial charge on any atom is 0.242 e. The van der Waals surface area contributed by atoms with Crippen LogP contribution in [0.3, 0.4) is 0 Å². The molecule has 0 saturated carbocycles. The van der Waals surface area contributed by atoms with Crippen LogP contribution in [0.25, 0.3) is 10.9 Å². The minimum atomic E-state index is -0.958. The molecule has 0 bridgehead atoms. The van der Waals surface area contributed by atoms with Crippen LogP contribution >= 0.6 is 0 Å². The van der Waals surface area contributed by atoms with Gasteiger partial charge in [-0.3, -0.25) is 14.4 Å². The molecule has 0 aliphatic rings. The molecular formula is C15H18N4O3. The van der Waals surface area contributed by atoms with E-state index in [0.717, 1.165) is 16.5 Å². The average Bonchev–Trinajstić information content (AvgIpc) is 2.88. The SMILES string of the molecule is CNC(=O)[C@H](CC(N)=O)NC(=O)Cc1c[nH]c2ccccc12. The van der Waals surface area contributed by atoms with Crippen molar-refractivity contribution in [2.24, 2.45) is 5.73 Å². The van der Waals surface area contributed by atoms with Crippen molar-refractivity contribution in [3.8, 4) is 0 Å². The summed E-state index contributed by atoms with van der Waals surface area (Å²) in [5.41, 5.74) is 6.85. The molecule has 7 heteroatoms. The van der Waals surface area contributed by atoms with Gasteiger partial charge < -0.3 is 21.4 Å². The fourth-order valence-corrected chi connectivity index (χ4v) is 2.28. The zero-order valence-electron chi connectivity index (χ0n) is 12.2. The summed E-state index contributed by atoms with van der Waals surface area (Å²) in [6.45, 7) is 0. The molecule has 0 saturated heterocycles. The van der Waals surface area contributed by atoms with E-state index in [2.05, 4.69) is 15.6 Å². The van der Waals surface area contributed by atoms with Gasteiger partial charge in [0.15, 0.2) is 0 Å². The molecule has 0 radical (unpaired) electrons. The van der Waals surface area contributed by atoms with Crippen LogP contribution < -0.4 is 16.4 Å². The van der Waals surface area contributed by atoms with Crippen LogP contribution in [-0.4, -0.2) is 35.8 Å². The Hall–Kier alpha value is -2.83. The first-order valence-corrected chi connectivity index (χ1v) is 6.85. The Kier molecular flexibility index (Phi) is 4.77. The summed E-state index contributed by atoms with van der Waals surface area (Å²) in [7, 11) is 1.43. The standard InChI is InChI=1S/C15H18N4O3/c1-17-15(22)12(7-13(16)20)19-14(21)6-9-8-18-11-5-3-2-4-10(9)11/h2-5,8,12,18H,6-7H2,1H3,(H2,16,20)(H,17,22)(H,19,21)/t12-/m0/s1. The first-order valence-electron chi connectivity index (χ1n) is 6.85. The molecule has 1 aromatic carbocycles. The molecule has 0 fully saturated rings. The van der Waals surface area contributed by atoms with E-state index in [1.54, 1.807) is 6.20 Å². The molecule has 0 spiro atoms.